The van der Waals surface area contributed by atoms with Crippen molar-refractivity contribution in [2.24, 2.45) is 0 Å². The molecular formula is C24H27NO2. The Labute approximate surface area is 161 Å². The van der Waals surface area contributed by atoms with Crippen LogP contribution in [0, 0.1) is 0 Å². The van der Waals surface area contributed by atoms with Crippen molar-refractivity contribution in [2.75, 3.05) is 26.2 Å². The van der Waals surface area contributed by atoms with E-state index in [1.165, 1.54) is 10.8 Å². The van der Waals surface area contributed by atoms with Crippen LogP contribution in [0.1, 0.15) is 19.8 Å². The second-order valence-electron chi connectivity index (χ2n) is 7.53. The third-order valence-electron chi connectivity index (χ3n) is 5.44. The number of hydrogen-bond acceptors (Lipinski definition) is 3. The summed E-state index contributed by atoms with van der Waals surface area (Å²) < 4.78 is 12.4. The maximum atomic E-state index is 6.26. The van der Waals surface area contributed by atoms with Crippen LogP contribution in [0.25, 0.3) is 10.8 Å². The van der Waals surface area contributed by atoms with Crippen LogP contribution < -0.4 is 9.47 Å². The maximum absolute atomic E-state index is 6.26. The Kier molecular flexibility index (Phi) is 5.30. The SMILES string of the molecule is CC1(Oc2ccccc2)CCN(CCOc2cccc3ccccc23)CC1. The monoisotopic (exact) mass is 361 g/mol. The van der Waals surface area contributed by atoms with Gasteiger partial charge in [0.2, 0.25) is 0 Å². The molecule has 0 bridgehead atoms. The summed E-state index contributed by atoms with van der Waals surface area (Å²) in [6.07, 6.45) is 2.08. The molecule has 1 fully saturated rings. The molecule has 1 aliphatic rings. The summed E-state index contributed by atoms with van der Waals surface area (Å²) in [6.45, 7) is 5.98. The van der Waals surface area contributed by atoms with Crippen molar-refractivity contribution < 1.29 is 9.47 Å². The average molecular weight is 361 g/mol. The summed E-state index contributed by atoms with van der Waals surface area (Å²) >= 11 is 0. The highest BCUT2D eigenvalue weighted by Crippen LogP contribution is 2.28. The average Bonchev–Trinajstić information content (AvgIpc) is 2.70. The minimum absolute atomic E-state index is 0.0751. The summed E-state index contributed by atoms with van der Waals surface area (Å²) in [7, 11) is 0. The lowest BCUT2D eigenvalue weighted by Gasteiger charge is -2.39. The number of benzene rings is 3. The van der Waals surface area contributed by atoms with Crippen LogP contribution in [0.4, 0.5) is 0 Å². The summed E-state index contributed by atoms with van der Waals surface area (Å²) in [5.74, 6) is 1.94. The zero-order valence-electron chi connectivity index (χ0n) is 15.9. The summed E-state index contributed by atoms with van der Waals surface area (Å²) in [5, 5.41) is 2.41. The van der Waals surface area contributed by atoms with Gasteiger partial charge in [0.15, 0.2) is 0 Å². The number of nitrogens with zero attached hydrogens (tertiary/aromatic N) is 1. The zero-order chi connectivity index (χ0) is 18.5. The van der Waals surface area contributed by atoms with Crippen molar-refractivity contribution in [1.29, 1.82) is 0 Å². The normalized spacial score (nSPS) is 16.9. The van der Waals surface area contributed by atoms with E-state index in [9.17, 15) is 0 Å². The molecule has 0 N–H and O–H groups in total. The van der Waals surface area contributed by atoms with Gasteiger partial charge < -0.3 is 9.47 Å². The number of fused-ring (bicyclic) bond motifs is 1. The number of likely N-dealkylation sites (tertiary alicyclic amines) is 1. The van der Waals surface area contributed by atoms with Gasteiger partial charge in [0.25, 0.3) is 0 Å². The van der Waals surface area contributed by atoms with Gasteiger partial charge in [0, 0.05) is 25.0 Å². The minimum Gasteiger partial charge on any atom is -0.492 e. The van der Waals surface area contributed by atoms with Gasteiger partial charge in [-0.15, -0.1) is 0 Å². The van der Waals surface area contributed by atoms with Crippen molar-refractivity contribution in [2.45, 2.75) is 25.4 Å². The molecule has 0 aromatic heterocycles. The van der Waals surface area contributed by atoms with Crippen LogP contribution in [0.2, 0.25) is 0 Å². The maximum Gasteiger partial charge on any atom is 0.127 e. The summed E-state index contributed by atoms with van der Waals surface area (Å²) in [4.78, 5) is 2.47. The van der Waals surface area contributed by atoms with E-state index < -0.39 is 0 Å². The van der Waals surface area contributed by atoms with E-state index in [-0.39, 0.29) is 5.60 Å². The Balaban J connectivity index is 1.27. The van der Waals surface area contributed by atoms with Crippen LogP contribution in [0.5, 0.6) is 11.5 Å². The molecule has 3 heteroatoms. The smallest absolute Gasteiger partial charge is 0.127 e. The van der Waals surface area contributed by atoms with Crippen molar-refractivity contribution in [1.82, 2.24) is 4.90 Å². The Bertz CT molecular complexity index is 864. The third kappa shape index (κ3) is 4.42. The molecular weight excluding hydrogens is 334 g/mol. The number of para-hydroxylation sites is 1. The Morgan fingerprint density at radius 2 is 1.56 bits per heavy atom. The highest BCUT2D eigenvalue weighted by molar-refractivity contribution is 5.88. The van der Waals surface area contributed by atoms with Crippen LogP contribution in [-0.2, 0) is 0 Å². The Hall–Kier alpha value is -2.52. The highest BCUT2D eigenvalue weighted by Gasteiger charge is 2.31. The van der Waals surface area contributed by atoms with Gasteiger partial charge in [0.05, 0.1) is 0 Å². The third-order valence-corrected chi connectivity index (χ3v) is 5.44. The molecule has 0 radical (unpaired) electrons. The topological polar surface area (TPSA) is 21.7 Å². The fourth-order valence-electron chi connectivity index (χ4n) is 3.73. The van der Waals surface area contributed by atoms with E-state index in [1.54, 1.807) is 0 Å². The summed E-state index contributed by atoms with van der Waals surface area (Å²) in [6, 6.07) is 24.8. The van der Waals surface area contributed by atoms with Gasteiger partial charge in [-0.05, 0) is 43.4 Å². The molecule has 1 aliphatic heterocycles. The predicted octanol–water partition coefficient (Wildman–Crippen LogP) is 5.15. The van der Waals surface area contributed by atoms with E-state index in [4.69, 9.17) is 9.47 Å². The van der Waals surface area contributed by atoms with Crippen LogP contribution in [0.3, 0.4) is 0 Å². The first-order chi connectivity index (χ1) is 13.2. The minimum atomic E-state index is -0.0751. The lowest BCUT2D eigenvalue weighted by molar-refractivity contribution is 0.0136. The van der Waals surface area contributed by atoms with Gasteiger partial charge >= 0.3 is 0 Å². The molecule has 0 aliphatic carbocycles. The molecule has 1 saturated heterocycles. The fraction of sp³-hybridized carbons (Fsp3) is 0.333. The molecule has 3 aromatic rings. The summed E-state index contributed by atoms with van der Waals surface area (Å²) in [5.41, 5.74) is -0.0751. The van der Waals surface area contributed by atoms with Crippen molar-refractivity contribution >= 4 is 10.8 Å². The first-order valence-electron chi connectivity index (χ1n) is 9.79. The van der Waals surface area contributed by atoms with Crippen LogP contribution in [-0.4, -0.2) is 36.7 Å². The number of piperidine rings is 1. The number of ether oxygens (including phenoxy) is 2. The molecule has 0 unspecified atom stereocenters. The first-order valence-corrected chi connectivity index (χ1v) is 9.79. The lowest BCUT2D eigenvalue weighted by Crippen LogP contribution is -2.47. The molecule has 0 saturated carbocycles. The standard InChI is InChI=1S/C24H27NO2/c1-24(27-21-10-3-2-4-11-21)14-16-25(17-15-24)18-19-26-23-13-7-9-20-8-5-6-12-22(20)23/h2-13H,14-19H2,1H3. The highest BCUT2D eigenvalue weighted by atomic mass is 16.5. The molecule has 3 nitrogen and oxygen atoms in total. The molecule has 0 amide bonds. The molecule has 140 valence electrons. The predicted molar refractivity (Wildman–Crippen MR) is 111 cm³/mol. The van der Waals surface area contributed by atoms with Crippen molar-refractivity contribution in [3.05, 3.63) is 72.8 Å². The molecule has 0 atom stereocenters. The van der Waals surface area contributed by atoms with Crippen molar-refractivity contribution in [3.63, 3.8) is 0 Å². The van der Waals surface area contributed by atoms with Crippen LogP contribution in [0.15, 0.2) is 72.8 Å². The molecule has 4 rings (SSSR count). The Morgan fingerprint density at radius 1 is 0.852 bits per heavy atom. The van der Waals surface area contributed by atoms with Crippen LogP contribution >= 0.6 is 0 Å². The number of hydrogen-bond donors (Lipinski definition) is 0. The van der Waals surface area contributed by atoms with E-state index >= 15 is 0 Å². The second kappa shape index (κ2) is 8.01. The molecule has 3 aromatic carbocycles. The van der Waals surface area contributed by atoms with Gasteiger partial charge in [-0.2, -0.15) is 0 Å². The molecule has 0 spiro atoms. The largest absolute Gasteiger partial charge is 0.492 e. The second-order valence-corrected chi connectivity index (χ2v) is 7.53. The molecule has 27 heavy (non-hydrogen) atoms. The number of rotatable bonds is 6. The van der Waals surface area contributed by atoms with E-state index in [0.29, 0.717) is 6.61 Å². The van der Waals surface area contributed by atoms with Gasteiger partial charge in [-0.1, -0.05) is 54.6 Å². The lowest BCUT2D eigenvalue weighted by atomic mass is 9.93. The van der Waals surface area contributed by atoms with Gasteiger partial charge in [-0.25, -0.2) is 0 Å². The quantitative estimate of drug-likeness (QED) is 0.606. The fourth-order valence-corrected chi connectivity index (χ4v) is 3.73. The van der Waals surface area contributed by atoms with E-state index in [2.05, 4.69) is 54.3 Å². The van der Waals surface area contributed by atoms with Gasteiger partial charge in [-0.3, -0.25) is 4.90 Å². The molecule has 1 heterocycles. The zero-order valence-corrected chi connectivity index (χ0v) is 15.9. The first kappa shape index (κ1) is 17.9. The van der Waals surface area contributed by atoms with Gasteiger partial charge in [0.1, 0.15) is 23.7 Å². The van der Waals surface area contributed by atoms with Crippen molar-refractivity contribution in [3.8, 4) is 11.5 Å². The Morgan fingerprint density at radius 3 is 2.37 bits per heavy atom. The van der Waals surface area contributed by atoms with E-state index in [1.807, 2.05) is 30.3 Å². The van der Waals surface area contributed by atoms with E-state index in [0.717, 1.165) is 44.0 Å².